The highest BCUT2D eigenvalue weighted by Crippen LogP contribution is 2.35. The average molecular weight is 332 g/mol. The fourth-order valence-corrected chi connectivity index (χ4v) is 4.05. The summed E-state index contributed by atoms with van der Waals surface area (Å²) in [5, 5.41) is 5.77. The van der Waals surface area contributed by atoms with Crippen LogP contribution in [0.4, 0.5) is 0 Å². The molecule has 3 heteroatoms. The summed E-state index contributed by atoms with van der Waals surface area (Å²) in [6.45, 7) is 9.05. The van der Waals surface area contributed by atoms with E-state index in [1.54, 1.807) is 0 Å². The molecule has 0 aliphatic heterocycles. The summed E-state index contributed by atoms with van der Waals surface area (Å²) in [5.41, 5.74) is 0.441. The number of hydrogen-bond donors (Lipinski definition) is 1. The number of hydrogen-bond acceptors (Lipinski definition) is 2. The molecule has 1 N–H and O–H groups in total. The van der Waals surface area contributed by atoms with E-state index in [2.05, 4.69) is 53.5 Å². The Bertz CT molecular complexity index is 327. The standard InChI is InChI=1S/C15H26BrNS/c1-4-7-8-15(5-2,12-17-6-3)10-14-9-13(16)11-18-14/h9,11,17H,4-8,10,12H2,1-3H3. The van der Waals surface area contributed by atoms with Crippen molar-refractivity contribution in [3.8, 4) is 0 Å². The van der Waals surface area contributed by atoms with E-state index in [-0.39, 0.29) is 0 Å². The smallest absolute Gasteiger partial charge is 0.0285 e. The zero-order chi connectivity index (χ0) is 13.4. The first kappa shape index (κ1) is 16.2. The Hall–Kier alpha value is 0.140. The molecule has 1 aromatic heterocycles. The van der Waals surface area contributed by atoms with Crippen LogP contribution < -0.4 is 5.32 Å². The van der Waals surface area contributed by atoms with Crippen LogP contribution in [-0.4, -0.2) is 13.1 Å². The van der Waals surface area contributed by atoms with E-state index in [1.807, 2.05) is 11.3 Å². The van der Waals surface area contributed by atoms with Gasteiger partial charge in [-0.3, -0.25) is 0 Å². The summed E-state index contributed by atoms with van der Waals surface area (Å²) in [5.74, 6) is 0. The quantitative estimate of drug-likeness (QED) is 0.651. The van der Waals surface area contributed by atoms with Crippen molar-refractivity contribution in [1.29, 1.82) is 0 Å². The lowest BCUT2D eigenvalue weighted by atomic mass is 9.76. The Balaban J connectivity index is 2.73. The van der Waals surface area contributed by atoms with Gasteiger partial charge in [-0.15, -0.1) is 11.3 Å². The maximum atomic E-state index is 3.57. The number of thiophene rings is 1. The normalized spacial score (nSPS) is 14.7. The fourth-order valence-electron chi connectivity index (χ4n) is 2.42. The van der Waals surface area contributed by atoms with E-state index in [0.29, 0.717) is 5.41 Å². The molecule has 0 aliphatic carbocycles. The second-order valence-electron chi connectivity index (χ2n) is 5.15. The molecule has 104 valence electrons. The van der Waals surface area contributed by atoms with Gasteiger partial charge in [0.15, 0.2) is 0 Å². The van der Waals surface area contributed by atoms with E-state index in [1.165, 1.54) is 41.5 Å². The zero-order valence-corrected chi connectivity index (χ0v) is 14.3. The lowest BCUT2D eigenvalue weighted by Gasteiger charge is -2.33. The Kier molecular flexibility index (Phi) is 7.50. The minimum atomic E-state index is 0.441. The molecule has 0 amide bonds. The van der Waals surface area contributed by atoms with Crippen LogP contribution in [0.2, 0.25) is 0 Å². The van der Waals surface area contributed by atoms with E-state index in [4.69, 9.17) is 0 Å². The molecular formula is C15H26BrNS. The molecule has 1 nitrogen and oxygen atoms in total. The molecule has 0 aromatic carbocycles. The van der Waals surface area contributed by atoms with Gasteiger partial charge in [0.25, 0.3) is 0 Å². The summed E-state index contributed by atoms with van der Waals surface area (Å²) in [4.78, 5) is 1.51. The molecule has 1 unspecified atom stereocenters. The highest BCUT2D eigenvalue weighted by molar-refractivity contribution is 9.10. The van der Waals surface area contributed by atoms with Crippen LogP contribution >= 0.6 is 27.3 Å². The van der Waals surface area contributed by atoms with Gasteiger partial charge in [-0.25, -0.2) is 0 Å². The van der Waals surface area contributed by atoms with Crippen LogP contribution in [0.3, 0.4) is 0 Å². The fraction of sp³-hybridized carbons (Fsp3) is 0.733. The Labute approximate surface area is 125 Å². The monoisotopic (exact) mass is 331 g/mol. The zero-order valence-electron chi connectivity index (χ0n) is 11.9. The first-order valence-electron chi connectivity index (χ1n) is 7.09. The van der Waals surface area contributed by atoms with E-state index < -0.39 is 0 Å². The van der Waals surface area contributed by atoms with Gasteiger partial charge in [0, 0.05) is 21.3 Å². The molecule has 1 aromatic rings. The van der Waals surface area contributed by atoms with Crippen LogP contribution in [0.25, 0.3) is 0 Å². The second-order valence-corrected chi connectivity index (χ2v) is 7.06. The molecule has 0 saturated heterocycles. The molecule has 1 rings (SSSR count). The number of rotatable bonds is 9. The van der Waals surface area contributed by atoms with Crippen LogP contribution in [-0.2, 0) is 6.42 Å². The van der Waals surface area contributed by atoms with Crippen LogP contribution in [0.15, 0.2) is 15.9 Å². The molecule has 0 fully saturated rings. The van der Waals surface area contributed by atoms with E-state index in [9.17, 15) is 0 Å². The Morgan fingerprint density at radius 1 is 1.33 bits per heavy atom. The molecule has 0 bridgehead atoms. The van der Waals surface area contributed by atoms with Crippen LogP contribution in [0.1, 0.15) is 51.3 Å². The maximum Gasteiger partial charge on any atom is 0.0285 e. The van der Waals surface area contributed by atoms with Gasteiger partial charge in [-0.1, -0.05) is 33.6 Å². The van der Waals surface area contributed by atoms with Gasteiger partial charge in [-0.2, -0.15) is 0 Å². The molecule has 18 heavy (non-hydrogen) atoms. The summed E-state index contributed by atoms with van der Waals surface area (Å²) in [7, 11) is 0. The molecule has 1 heterocycles. The van der Waals surface area contributed by atoms with Crippen molar-refractivity contribution in [2.24, 2.45) is 5.41 Å². The van der Waals surface area contributed by atoms with Crippen molar-refractivity contribution < 1.29 is 0 Å². The van der Waals surface area contributed by atoms with E-state index in [0.717, 1.165) is 13.1 Å². The maximum absolute atomic E-state index is 3.57. The third kappa shape index (κ3) is 5.02. The Morgan fingerprint density at radius 2 is 2.11 bits per heavy atom. The number of nitrogens with one attached hydrogen (secondary N) is 1. The van der Waals surface area contributed by atoms with Gasteiger partial charge in [0.1, 0.15) is 0 Å². The topological polar surface area (TPSA) is 12.0 Å². The van der Waals surface area contributed by atoms with Crippen molar-refractivity contribution in [3.63, 3.8) is 0 Å². The minimum absolute atomic E-state index is 0.441. The van der Waals surface area contributed by atoms with Gasteiger partial charge in [0.05, 0.1) is 0 Å². The van der Waals surface area contributed by atoms with Crippen LogP contribution in [0, 0.1) is 5.41 Å². The summed E-state index contributed by atoms with van der Waals surface area (Å²) < 4.78 is 1.23. The largest absolute Gasteiger partial charge is 0.316 e. The number of halogens is 1. The van der Waals surface area contributed by atoms with Gasteiger partial charge >= 0.3 is 0 Å². The number of unbranched alkanes of at least 4 members (excludes halogenated alkanes) is 1. The summed E-state index contributed by atoms with van der Waals surface area (Å²) in [6.07, 6.45) is 6.44. The lowest BCUT2D eigenvalue weighted by Crippen LogP contribution is -2.35. The SMILES string of the molecule is CCCCC(CC)(CNCC)Cc1cc(Br)cs1. The summed E-state index contributed by atoms with van der Waals surface area (Å²) >= 11 is 5.45. The molecule has 0 spiro atoms. The second kappa shape index (κ2) is 8.34. The highest BCUT2D eigenvalue weighted by atomic mass is 79.9. The lowest BCUT2D eigenvalue weighted by molar-refractivity contribution is 0.232. The van der Waals surface area contributed by atoms with Crippen molar-refractivity contribution in [3.05, 3.63) is 20.8 Å². The molecule has 1 atom stereocenters. The Morgan fingerprint density at radius 3 is 2.61 bits per heavy atom. The first-order valence-corrected chi connectivity index (χ1v) is 8.76. The van der Waals surface area contributed by atoms with Crippen molar-refractivity contribution in [1.82, 2.24) is 5.32 Å². The minimum Gasteiger partial charge on any atom is -0.316 e. The molecule has 0 aliphatic rings. The van der Waals surface area contributed by atoms with Gasteiger partial charge in [-0.05, 0) is 53.2 Å². The van der Waals surface area contributed by atoms with Crippen molar-refractivity contribution in [2.45, 2.75) is 52.9 Å². The third-order valence-electron chi connectivity index (χ3n) is 3.73. The highest BCUT2D eigenvalue weighted by Gasteiger charge is 2.28. The van der Waals surface area contributed by atoms with Gasteiger partial charge < -0.3 is 5.32 Å². The molecule has 0 radical (unpaired) electrons. The molecule has 0 saturated carbocycles. The third-order valence-corrected chi connectivity index (χ3v) is 5.43. The van der Waals surface area contributed by atoms with E-state index >= 15 is 0 Å². The van der Waals surface area contributed by atoms with Crippen molar-refractivity contribution >= 4 is 27.3 Å². The average Bonchev–Trinajstić information content (AvgIpc) is 2.78. The predicted octanol–water partition coefficient (Wildman–Crippen LogP) is 5.25. The van der Waals surface area contributed by atoms with Gasteiger partial charge in [0.2, 0.25) is 0 Å². The van der Waals surface area contributed by atoms with Crippen LogP contribution in [0.5, 0.6) is 0 Å². The summed E-state index contributed by atoms with van der Waals surface area (Å²) in [6, 6.07) is 2.28. The van der Waals surface area contributed by atoms with Crippen molar-refractivity contribution in [2.75, 3.05) is 13.1 Å². The molecular weight excluding hydrogens is 306 g/mol. The predicted molar refractivity (Wildman–Crippen MR) is 86.5 cm³/mol. The first-order chi connectivity index (χ1) is 8.65.